The molecule has 1 aromatic carbocycles. The van der Waals surface area contributed by atoms with Crippen molar-refractivity contribution in [1.82, 2.24) is 4.98 Å². The molecule has 0 atom stereocenters. The maximum atomic E-state index is 13.0. The molecular formula is C15H13ClF3N3O2S. The van der Waals surface area contributed by atoms with Crippen LogP contribution in [-0.2, 0) is 22.1 Å². The van der Waals surface area contributed by atoms with Crippen LogP contribution in [0.2, 0.25) is 5.02 Å². The number of hydrazone groups is 1. The summed E-state index contributed by atoms with van der Waals surface area (Å²) in [5.41, 5.74) is 2.01. The molecule has 25 heavy (non-hydrogen) atoms. The van der Waals surface area contributed by atoms with E-state index in [1.807, 2.05) is 0 Å². The number of alkyl halides is 3. The van der Waals surface area contributed by atoms with Crippen LogP contribution in [0.4, 0.5) is 18.3 Å². The van der Waals surface area contributed by atoms with Crippen LogP contribution in [-0.4, -0.2) is 23.8 Å². The van der Waals surface area contributed by atoms with Crippen LogP contribution in [0.3, 0.4) is 0 Å². The minimum atomic E-state index is -4.54. The first-order valence-electron chi connectivity index (χ1n) is 7.05. The Labute approximate surface area is 150 Å². The Morgan fingerprint density at radius 2 is 2.24 bits per heavy atom. The highest BCUT2D eigenvalue weighted by atomic mass is 35.5. The van der Waals surface area contributed by atoms with Crippen molar-refractivity contribution < 1.29 is 22.7 Å². The molecule has 1 aromatic heterocycles. The highest BCUT2D eigenvalue weighted by Crippen LogP contribution is 2.33. The number of rotatable bonds is 6. The van der Waals surface area contributed by atoms with Crippen molar-refractivity contribution >= 4 is 40.3 Å². The lowest BCUT2D eigenvalue weighted by Crippen LogP contribution is -2.09. The Morgan fingerprint density at radius 3 is 2.92 bits per heavy atom. The Hall–Kier alpha value is -2.13. The van der Waals surface area contributed by atoms with E-state index in [-0.39, 0.29) is 23.6 Å². The SMILES string of the molecule is CCOC(=O)Cc1csc(NN=Cc2ccc(Cl)cc2C(F)(F)F)n1. The first-order chi connectivity index (χ1) is 11.8. The second-order valence-electron chi connectivity index (χ2n) is 4.73. The van der Waals surface area contributed by atoms with Gasteiger partial charge < -0.3 is 4.74 Å². The molecule has 0 unspecified atom stereocenters. The van der Waals surface area contributed by atoms with Crippen molar-refractivity contribution in [3.8, 4) is 0 Å². The van der Waals surface area contributed by atoms with Gasteiger partial charge in [0.2, 0.25) is 5.13 Å². The zero-order valence-electron chi connectivity index (χ0n) is 12.9. The van der Waals surface area contributed by atoms with E-state index in [9.17, 15) is 18.0 Å². The monoisotopic (exact) mass is 391 g/mol. The van der Waals surface area contributed by atoms with E-state index in [4.69, 9.17) is 16.3 Å². The fourth-order valence-corrected chi connectivity index (χ4v) is 2.67. The normalized spacial score (nSPS) is 11.7. The van der Waals surface area contributed by atoms with Gasteiger partial charge >= 0.3 is 12.1 Å². The second-order valence-corrected chi connectivity index (χ2v) is 6.02. The molecule has 1 heterocycles. The topological polar surface area (TPSA) is 63.6 Å². The number of carbonyl (C=O) groups excluding carboxylic acids is 1. The highest BCUT2D eigenvalue weighted by Gasteiger charge is 2.33. The number of nitrogens with one attached hydrogen (secondary N) is 1. The number of ether oxygens (including phenoxy) is 1. The molecule has 0 saturated heterocycles. The maximum absolute atomic E-state index is 13.0. The maximum Gasteiger partial charge on any atom is 0.417 e. The van der Waals surface area contributed by atoms with Crippen molar-refractivity contribution in [3.63, 3.8) is 0 Å². The van der Waals surface area contributed by atoms with E-state index in [2.05, 4.69) is 15.5 Å². The predicted octanol–water partition coefficient (Wildman–Crippen LogP) is 4.37. The average Bonchev–Trinajstić information content (AvgIpc) is 2.95. The Bertz CT molecular complexity index is 778. The summed E-state index contributed by atoms with van der Waals surface area (Å²) in [7, 11) is 0. The summed E-state index contributed by atoms with van der Waals surface area (Å²) in [6.07, 6.45) is -3.49. The van der Waals surface area contributed by atoms with Crippen LogP contribution >= 0.6 is 22.9 Å². The van der Waals surface area contributed by atoms with Gasteiger partial charge in [-0.15, -0.1) is 11.3 Å². The van der Waals surface area contributed by atoms with E-state index >= 15 is 0 Å². The highest BCUT2D eigenvalue weighted by molar-refractivity contribution is 7.13. The van der Waals surface area contributed by atoms with Gasteiger partial charge in [0, 0.05) is 16.0 Å². The van der Waals surface area contributed by atoms with Gasteiger partial charge in [0.05, 0.1) is 30.5 Å². The molecule has 2 rings (SSSR count). The molecule has 134 valence electrons. The lowest BCUT2D eigenvalue weighted by atomic mass is 10.1. The van der Waals surface area contributed by atoms with Gasteiger partial charge in [0.1, 0.15) is 0 Å². The predicted molar refractivity (Wildman–Crippen MR) is 90.1 cm³/mol. The minimum Gasteiger partial charge on any atom is -0.466 e. The Balaban J connectivity index is 2.05. The van der Waals surface area contributed by atoms with E-state index in [1.54, 1.807) is 12.3 Å². The molecule has 0 spiro atoms. The van der Waals surface area contributed by atoms with Crippen LogP contribution in [0.5, 0.6) is 0 Å². The minimum absolute atomic E-state index is 0.0130. The molecule has 0 amide bonds. The van der Waals surface area contributed by atoms with Crippen molar-refractivity contribution in [3.05, 3.63) is 45.4 Å². The largest absolute Gasteiger partial charge is 0.466 e. The van der Waals surface area contributed by atoms with Crippen molar-refractivity contribution in [1.29, 1.82) is 0 Å². The molecule has 5 nitrogen and oxygen atoms in total. The number of hydrogen-bond donors (Lipinski definition) is 1. The summed E-state index contributed by atoms with van der Waals surface area (Å²) < 4.78 is 43.7. The third-order valence-corrected chi connectivity index (χ3v) is 3.90. The van der Waals surface area contributed by atoms with Gasteiger partial charge in [-0.2, -0.15) is 18.3 Å². The van der Waals surface area contributed by atoms with E-state index < -0.39 is 17.7 Å². The average molecular weight is 392 g/mol. The lowest BCUT2D eigenvalue weighted by Gasteiger charge is -2.10. The van der Waals surface area contributed by atoms with Gasteiger partial charge in [-0.1, -0.05) is 17.7 Å². The van der Waals surface area contributed by atoms with Crippen LogP contribution in [0.25, 0.3) is 0 Å². The van der Waals surface area contributed by atoms with Gasteiger partial charge in [-0.3, -0.25) is 10.2 Å². The first kappa shape index (κ1) is 19.2. The quantitative estimate of drug-likeness (QED) is 0.451. The van der Waals surface area contributed by atoms with E-state index in [1.165, 1.54) is 23.5 Å². The number of anilines is 1. The zero-order chi connectivity index (χ0) is 18.4. The zero-order valence-corrected chi connectivity index (χ0v) is 14.5. The van der Waals surface area contributed by atoms with Crippen LogP contribution in [0.1, 0.15) is 23.7 Å². The Morgan fingerprint density at radius 1 is 1.48 bits per heavy atom. The summed E-state index contributed by atoms with van der Waals surface area (Å²) in [5.74, 6) is -0.404. The van der Waals surface area contributed by atoms with Crippen molar-refractivity contribution in [2.45, 2.75) is 19.5 Å². The third kappa shape index (κ3) is 5.71. The van der Waals surface area contributed by atoms with E-state index in [0.717, 1.165) is 12.3 Å². The first-order valence-corrected chi connectivity index (χ1v) is 8.31. The van der Waals surface area contributed by atoms with E-state index in [0.29, 0.717) is 10.8 Å². The molecule has 0 fully saturated rings. The molecule has 0 aliphatic carbocycles. The molecule has 0 aliphatic heterocycles. The van der Waals surface area contributed by atoms with Crippen LogP contribution in [0.15, 0.2) is 28.7 Å². The second kappa shape index (κ2) is 8.30. The van der Waals surface area contributed by atoms with Gasteiger partial charge in [0.25, 0.3) is 0 Å². The number of thiazole rings is 1. The molecular weight excluding hydrogens is 379 g/mol. The lowest BCUT2D eigenvalue weighted by molar-refractivity contribution is -0.142. The van der Waals surface area contributed by atoms with Crippen LogP contribution in [0, 0.1) is 0 Å². The van der Waals surface area contributed by atoms with Crippen LogP contribution < -0.4 is 5.43 Å². The van der Waals surface area contributed by atoms with Gasteiger partial charge in [-0.25, -0.2) is 4.98 Å². The standard InChI is InChI=1S/C15H13ClF3N3O2S/c1-2-24-13(23)6-11-8-25-14(21-11)22-20-7-9-3-4-10(16)5-12(9)15(17,18)19/h3-5,7-8H,2,6H2,1H3,(H,21,22). The fourth-order valence-electron chi connectivity index (χ4n) is 1.84. The summed E-state index contributed by atoms with van der Waals surface area (Å²) in [6, 6.07) is 3.41. The van der Waals surface area contributed by atoms with Gasteiger partial charge in [-0.05, 0) is 19.1 Å². The molecule has 10 heteroatoms. The number of hydrogen-bond acceptors (Lipinski definition) is 6. The summed E-state index contributed by atoms with van der Waals surface area (Å²) in [6.45, 7) is 1.98. The number of carbonyl (C=O) groups is 1. The van der Waals surface area contributed by atoms with Crippen molar-refractivity contribution in [2.75, 3.05) is 12.0 Å². The number of aromatic nitrogens is 1. The third-order valence-electron chi connectivity index (χ3n) is 2.87. The molecule has 1 N–H and O–H groups in total. The molecule has 0 radical (unpaired) electrons. The Kier molecular flexibility index (Phi) is 6.38. The molecule has 0 bridgehead atoms. The summed E-state index contributed by atoms with van der Waals surface area (Å²) in [5, 5.41) is 5.73. The number of nitrogens with zero attached hydrogens (tertiary/aromatic N) is 2. The molecule has 0 aliphatic rings. The summed E-state index contributed by atoms with van der Waals surface area (Å²) >= 11 is 6.78. The number of halogens is 4. The smallest absolute Gasteiger partial charge is 0.417 e. The summed E-state index contributed by atoms with van der Waals surface area (Å²) in [4.78, 5) is 15.5. The van der Waals surface area contributed by atoms with Gasteiger partial charge in [0.15, 0.2) is 0 Å². The molecule has 2 aromatic rings. The van der Waals surface area contributed by atoms with Crippen molar-refractivity contribution in [2.24, 2.45) is 5.10 Å². The number of esters is 1. The number of benzene rings is 1. The molecule has 0 saturated carbocycles. The fraction of sp³-hybridized carbons (Fsp3) is 0.267.